The number of nitrogens with two attached hydrogens (primary N) is 1. The molecule has 19 heavy (non-hydrogen) atoms. The van der Waals surface area contributed by atoms with Gasteiger partial charge in [0, 0.05) is 29.9 Å². The Kier molecular flexibility index (Phi) is 4.00. The number of hydrogen-bond donors (Lipinski definition) is 1. The first kappa shape index (κ1) is 13.7. The molecule has 0 saturated heterocycles. The number of nitrogens with zero attached hydrogens (tertiary/aromatic N) is 2. The van der Waals surface area contributed by atoms with E-state index in [1.807, 2.05) is 30.6 Å². The average molecular weight is 273 g/mol. The van der Waals surface area contributed by atoms with Crippen LogP contribution < -0.4 is 5.73 Å². The van der Waals surface area contributed by atoms with Crippen molar-refractivity contribution in [2.45, 2.75) is 26.8 Å². The molecule has 1 aromatic carbocycles. The summed E-state index contributed by atoms with van der Waals surface area (Å²) >= 11 is 5.11. The van der Waals surface area contributed by atoms with Crippen molar-refractivity contribution in [3.05, 3.63) is 42.7 Å². The Morgan fingerprint density at radius 1 is 1.32 bits per heavy atom. The molecule has 0 saturated carbocycles. The lowest BCUT2D eigenvalue weighted by atomic mass is 9.89. The van der Waals surface area contributed by atoms with E-state index in [-0.39, 0.29) is 5.41 Å². The van der Waals surface area contributed by atoms with Crippen molar-refractivity contribution >= 4 is 17.2 Å². The standard InChI is InChI=1S/C15H19N3S/c1-15(2,14(16)19)8-10-18-11-9-17-13(18)12-6-4-3-5-7-12/h3-7,9,11H,8,10H2,1-2H3,(H2,16,19). The van der Waals surface area contributed by atoms with Crippen molar-refractivity contribution < 1.29 is 0 Å². The lowest BCUT2D eigenvalue weighted by Crippen LogP contribution is -2.30. The Morgan fingerprint density at radius 3 is 2.63 bits per heavy atom. The predicted octanol–water partition coefficient (Wildman–Crippen LogP) is 3.25. The Balaban J connectivity index is 2.16. The van der Waals surface area contributed by atoms with Crippen molar-refractivity contribution in [1.29, 1.82) is 0 Å². The second-order valence-electron chi connectivity index (χ2n) is 5.31. The first-order chi connectivity index (χ1) is 9.00. The first-order valence-electron chi connectivity index (χ1n) is 6.37. The van der Waals surface area contributed by atoms with Crippen LogP contribution in [0.2, 0.25) is 0 Å². The fraction of sp³-hybridized carbons (Fsp3) is 0.333. The third-order valence-corrected chi connectivity index (χ3v) is 3.94. The fourth-order valence-corrected chi connectivity index (χ4v) is 1.96. The number of benzene rings is 1. The molecular weight excluding hydrogens is 254 g/mol. The van der Waals surface area contributed by atoms with Gasteiger partial charge in [-0.1, -0.05) is 56.4 Å². The molecule has 0 unspecified atom stereocenters. The highest BCUT2D eigenvalue weighted by atomic mass is 32.1. The van der Waals surface area contributed by atoms with Gasteiger partial charge in [-0.15, -0.1) is 0 Å². The van der Waals surface area contributed by atoms with Crippen LogP contribution in [0.25, 0.3) is 11.4 Å². The van der Waals surface area contributed by atoms with E-state index < -0.39 is 0 Å². The summed E-state index contributed by atoms with van der Waals surface area (Å²) in [7, 11) is 0. The third-order valence-electron chi connectivity index (χ3n) is 3.39. The number of thiocarbonyl (C=S) groups is 1. The third kappa shape index (κ3) is 3.20. The molecule has 0 aliphatic heterocycles. The van der Waals surface area contributed by atoms with E-state index in [0.717, 1.165) is 24.4 Å². The molecule has 0 amide bonds. The van der Waals surface area contributed by atoms with Gasteiger partial charge in [0.05, 0.1) is 4.99 Å². The quantitative estimate of drug-likeness (QED) is 0.850. The maximum absolute atomic E-state index is 5.77. The highest BCUT2D eigenvalue weighted by molar-refractivity contribution is 7.80. The smallest absolute Gasteiger partial charge is 0.139 e. The van der Waals surface area contributed by atoms with Crippen LogP contribution in [-0.4, -0.2) is 14.5 Å². The maximum atomic E-state index is 5.77. The van der Waals surface area contributed by atoms with E-state index >= 15 is 0 Å². The van der Waals surface area contributed by atoms with Crippen molar-refractivity contribution in [3.8, 4) is 11.4 Å². The molecule has 0 aliphatic carbocycles. The van der Waals surface area contributed by atoms with Crippen LogP contribution in [0, 0.1) is 5.41 Å². The van der Waals surface area contributed by atoms with Gasteiger partial charge in [0.1, 0.15) is 5.82 Å². The lowest BCUT2D eigenvalue weighted by molar-refractivity contribution is 0.436. The van der Waals surface area contributed by atoms with Crippen LogP contribution in [0.3, 0.4) is 0 Å². The molecule has 2 N–H and O–H groups in total. The summed E-state index contributed by atoms with van der Waals surface area (Å²) in [5.41, 5.74) is 6.76. The molecular formula is C15H19N3S. The van der Waals surface area contributed by atoms with Crippen LogP contribution in [0.1, 0.15) is 20.3 Å². The van der Waals surface area contributed by atoms with Gasteiger partial charge in [-0.2, -0.15) is 0 Å². The van der Waals surface area contributed by atoms with Crippen molar-refractivity contribution in [2.24, 2.45) is 11.1 Å². The van der Waals surface area contributed by atoms with E-state index in [1.54, 1.807) is 0 Å². The molecule has 2 rings (SSSR count). The lowest BCUT2D eigenvalue weighted by Gasteiger charge is -2.23. The molecule has 1 heterocycles. The summed E-state index contributed by atoms with van der Waals surface area (Å²) in [6.07, 6.45) is 4.73. The minimum Gasteiger partial charge on any atom is -0.393 e. The van der Waals surface area contributed by atoms with Gasteiger partial charge in [-0.05, 0) is 6.42 Å². The van der Waals surface area contributed by atoms with E-state index in [4.69, 9.17) is 18.0 Å². The van der Waals surface area contributed by atoms with Gasteiger partial charge in [0.2, 0.25) is 0 Å². The van der Waals surface area contributed by atoms with Crippen LogP contribution in [0.4, 0.5) is 0 Å². The molecule has 0 spiro atoms. The molecule has 0 fully saturated rings. The summed E-state index contributed by atoms with van der Waals surface area (Å²) in [6.45, 7) is 5.01. The van der Waals surface area contributed by atoms with Gasteiger partial charge in [-0.25, -0.2) is 4.98 Å². The molecule has 100 valence electrons. The largest absolute Gasteiger partial charge is 0.393 e. The zero-order valence-electron chi connectivity index (χ0n) is 11.3. The zero-order chi connectivity index (χ0) is 13.9. The van der Waals surface area contributed by atoms with Gasteiger partial charge in [0.25, 0.3) is 0 Å². The number of aryl methyl sites for hydroxylation is 1. The van der Waals surface area contributed by atoms with Crippen LogP contribution >= 0.6 is 12.2 Å². The minimum atomic E-state index is -0.131. The summed E-state index contributed by atoms with van der Waals surface area (Å²) < 4.78 is 2.15. The van der Waals surface area contributed by atoms with Crippen LogP contribution in [-0.2, 0) is 6.54 Å². The SMILES string of the molecule is CC(C)(CCn1ccnc1-c1ccccc1)C(N)=S. The molecule has 0 bridgehead atoms. The molecule has 1 aromatic heterocycles. The van der Waals surface area contributed by atoms with Gasteiger partial charge in [0.15, 0.2) is 0 Å². The Morgan fingerprint density at radius 2 is 2.00 bits per heavy atom. The summed E-state index contributed by atoms with van der Waals surface area (Å²) in [4.78, 5) is 4.99. The average Bonchev–Trinajstić information content (AvgIpc) is 2.85. The topological polar surface area (TPSA) is 43.8 Å². The van der Waals surface area contributed by atoms with E-state index in [1.165, 1.54) is 0 Å². The second kappa shape index (κ2) is 5.53. The van der Waals surface area contributed by atoms with Gasteiger partial charge in [-0.3, -0.25) is 0 Å². The van der Waals surface area contributed by atoms with Crippen molar-refractivity contribution in [2.75, 3.05) is 0 Å². The van der Waals surface area contributed by atoms with Crippen molar-refractivity contribution in [3.63, 3.8) is 0 Å². The highest BCUT2D eigenvalue weighted by Gasteiger charge is 2.21. The number of hydrogen-bond acceptors (Lipinski definition) is 2. The molecule has 0 aliphatic rings. The number of imidazole rings is 1. The van der Waals surface area contributed by atoms with E-state index in [9.17, 15) is 0 Å². The molecule has 0 radical (unpaired) electrons. The summed E-state index contributed by atoms with van der Waals surface area (Å²) in [6, 6.07) is 10.2. The van der Waals surface area contributed by atoms with E-state index in [2.05, 4.69) is 35.5 Å². The molecule has 3 nitrogen and oxygen atoms in total. The minimum absolute atomic E-state index is 0.131. The summed E-state index contributed by atoms with van der Waals surface area (Å²) in [5, 5.41) is 0. The predicted molar refractivity (Wildman–Crippen MR) is 82.8 cm³/mol. The maximum Gasteiger partial charge on any atom is 0.139 e. The van der Waals surface area contributed by atoms with Gasteiger partial charge < -0.3 is 10.3 Å². The van der Waals surface area contributed by atoms with Crippen LogP contribution in [0.5, 0.6) is 0 Å². The second-order valence-corrected chi connectivity index (χ2v) is 5.75. The zero-order valence-corrected chi connectivity index (χ0v) is 12.2. The normalized spacial score (nSPS) is 11.5. The van der Waals surface area contributed by atoms with Gasteiger partial charge >= 0.3 is 0 Å². The molecule has 0 atom stereocenters. The monoisotopic (exact) mass is 273 g/mol. The Bertz CT molecular complexity index is 558. The first-order valence-corrected chi connectivity index (χ1v) is 6.78. The Labute approximate surface area is 119 Å². The fourth-order valence-electron chi connectivity index (χ4n) is 1.86. The molecule has 2 aromatic rings. The van der Waals surface area contributed by atoms with Crippen LogP contribution in [0.15, 0.2) is 42.7 Å². The van der Waals surface area contributed by atoms with E-state index in [0.29, 0.717) is 4.99 Å². The number of aromatic nitrogens is 2. The van der Waals surface area contributed by atoms with Crippen molar-refractivity contribution in [1.82, 2.24) is 9.55 Å². The summed E-state index contributed by atoms with van der Waals surface area (Å²) in [5.74, 6) is 0.985. The Hall–Kier alpha value is -1.68. The number of rotatable bonds is 5. The molecule has 4 heteroatoms. The highest BCUT2D eigenvalue weighted by Crippen LogP contribution is 2.24.